The van der Waals surface area contributed by atoms with E-state index in [1.807, 2.05) is 25.3 Å². The van der Waals surface area contributed by atoms with E-state index < -0.39 is 0 Å². The van der Waals surface area contributed by atoms with Crippen molar-refractivity contribution >= 4 is 23.5 Å². The molecule has 0 aliphatic carbocycles. The van der Waals surface area contributed by atoms with Gasteiger partial charge in [-0.1, -0.05) is 20.8 Å². The number of anilines is 1. The third kappa shape index (κ3) is 5.04. The Bertz CT molecular complexity index is 449. The summed E-state index contributed by atoms with van der Waals surface area (Å²) in [5.74, 6) is 1.03. The number of amides is 1. The van der Waals surface area contributed by atoms with Crippen molar-refractivity contribution in [2.24, 2.45) is 0 Å². The van der Waals surface area contributed by atoms with Crippen molar-refractivity contribution in [3.05, 3.63) is 23.4 Å². The van der Waals surface area contributed by atoms with Crippen molar-refractivity contribution in [3.63, 3.8) is 0 Å². The summed E-state index contributed by atoms with van der Waals surface area (Å²) in [5, 5.41) is 6.56. The minimum Gasteiger partial charge on any atom is -0.370 e. The number of thioether (sulfide) groups is 1. The van der Waals surface area contributed by atoms with Crippen molar-refractivity contribution in [1.29, 1.82) is 0 Å². The van der Waals surface area contributed by atoms with Crippen LogP contribution in [0.4, 0.5) is 5.82 Å². The van der Waals surface area contributed by atoms with Crippen LogP contribution in [-0.4, -0.2) is 35.5 Å². The van der Waals surface area contributed by atoms with Crippen LogP contribution in [0.5, 0.6) is 0 Å². The van der Waals surface area contributed by atoms with E-state index in [-0.39, 0.29) is 5.91 Å². The molecular weight excluding hydrogens is 270 g/mol. The normalized spacial score (nSPS) is 12.3. The Hall–Kier alpha value is -1.23. The number of carbonyl (C=O) groups excluding carboxylic acids is 1. The molecule has 1 amide bonds. The summed E-state index contributed by atoms with van der Waals surface area (Å²) in [6.07, 6.45) is 2.05. The van der Waals surface area contributed by atoms with Crippen LogP contribution in [-0.2, 0) is 0 Å². The summed E-state index contributed by atoms with van der Waals surface area (Å²) < 4.78 is 0. The van der Waals surface area contributed by atoms with E-state index in [1.165, 1.54) is 0 Å². The predicted molar refractivity (Wildman–Crippen MR) is 87.8 cm³/mol. The number of carbonyl (C=O) groups is 1. The van der Waals surface area contributed by atoms with E-state index in [9.17, 15) is 4.79 Å². The van der Waals surface area contributed by atoms with Crippen molar-refractivity contribution in [1.82, 2.24) is 10.3 Å². The lowest BCUT2D eigenvalue weighted by atomic mass is 10.1. The first-order valence-electron chi connectivity index (χ1n) is 7.04. The zero-order valence-electron chi connectivity index (χ0n) is 13.0. The first kappa shape index (κ1) is 16.8. The van der Waals surface area contributed by atoms with Crippen LogP contribution in [0.25, 0.3) is 0 Å². The largest absolute Gasteiger partial charge is 0.370 e. The van der Waals surface area contributed by atoms with E-state index in [0.717, 1.165) is 18.1 Å². The molecule has 0 aliphatic heterocycles. The van der Waals surface area contributed by atoms with Crippen molar-refractivity contribution < 1.29 is 4.79 Å². The standard InChI is InChI=1S/C15H25N3OS/c1-6-16-14-8-12(7-13(18-14)10(2)3)15(19)17-9-11(4)20-5/h7-8,10-11H,6,9H2,1-5H3,(H,16,18)(H,17,19). The molecule has 5 heteroatoms. The Labute approximate surface area is 126 Å². The van der Waals surface area contributed by atoms with E-state index in [0.29, 0.717) is 23.3 Å². The summed E-state index contributed by atoms with van der Waals surface area (Å²) in [4.78, 5) is 16.7. The van der Waals surface area contributed by atoms with Crippen molar-refractivity contribution in [2.45, 2.75) is 38.9 Å². The Morgan fingerprint density at radius 1 is 1.35 bits per heavy atom. The van der Waals surface area contributed by atoms with Gasteiger partial charge in [0.1, 0.15) is 5.82 Å². The van der Waals surface area contributed by atoms with E-state index in [2.05, 4.69) is 36.4 Å². The van der Waals surface area contributed by atoms with Gasteiger partial charge in [0.25, 0.3) is 5.91 Å². The summed E-state index contributed by atoms with van der Waals surface area (Å²) >= 11 is 1.74. The van der Waals surface area contributed by atoms with Crippen molar-refractivity contribution in [3.8, 4) is 0 Å². The highest BCUT2D eigenvalue weighted by atomic mass is 32.2. The van der Waals surface area contributed by atoms with E-state index in [1.54, 1.807) is 11.8 Å². The molecule has 0 saturated heterocycles. The number of aromatic nitrogens is 1. The summed E-state index contributed by atoms with van der Waals surface area (Å²) in [5.41, 5.74) is 1.61. The fourth-order valence-corrected chi connectivity index (χ4v) is 1.92. The molecule has 1 heterocycles. The molecular formula is C15H25N3OS. The lowest BCUT2D eigenvalue weighted by Gasteiger charge is -2.13. The Kier molecular flexibility index (Phi) is 6.85. The molecule has 0 saturated carbocycles. The molecule has 0 spiro atoms. The van der Waals surface area contributed by atoms with Crippen LogP contribution < -0.4 is 10.6 Å². The molecule has 1 aromatic heterocycles. The fourth-order valence-electron chi connectivity index (χ4n) is 1.67. The highest BCUT2D eigenvalue weighted by Gasteiger charge is 2.12. The number of pyridine rings is 1. The average molecular weight is 295 g/mol. The zero-order valence-corrected chi connectivity index (χ0v) is 13.8. The van der Waals surface area contributed by atoms with Gasteiger partial charge in [-0.25, -0.2) is 4.98 Å². The van der Waals surface area contributed by atoms with Crippen LogP contribution in [0.2, 0.25) is 0 Å². The summed E-state index contributed by atoms with van der Waals surface area (Å²) in [6, 6.07) is 3.69. The van der Waals surface area contributed by atoms with Crippen LogP contribution in [0.15, 0.2) is 12.1 Å². The van der Waals surface area contributed by atoms with E-state index >= 15 is 0 Å². The molecule has 20 heavy (non-hydrogen) atoms. The first-order valence-corrected chi connectivity index (χ1v) is 8.33. The maximum Gasteiger partial charge on any atom is 0.251 e. The second-order valence-corrected chi connectivity index (χ2v) is 6.38. The monoisotopic (exact) mass is 295 g/mol. The molecule has 0 aromatic carbocycles. The number of nitrogens with zero attached hydrogens (tertiary/aromatic N) is 1. The SMILES string of the molecule is CCNc1cc(C(=O)NCC(C)SC)cc(C(C)C)n1. The number of rotatable bonds is 7. The summed E-state index contributed by atoms with van der Waals surface area (Å²) in [7, 11) is 0. The van der Waals surface area contributed by atoms with Gasteiger partial charge in [-0.15, -0.1) is 0 Å². The predicted octanol–water partition coefficient (Wildman–Crippen LogP) is 3.12. The zero-order chi connectivity index (χ0) is 15.1. The third-order valence-corrected chi connectivity index (χ3v) is 3.98. The van der Waals surface area contributed by atoms with Crippen LogP contribution in [0.1, 0.15) is 49.7 Å². The Morgan fingerprint density at radius 3 is 2.60 bits per heavy atom. The quantitative estimate of drug-likeness (QED) is 0.811. The second-order valence-electron chi connectivity index (χ2n) is 5.11. The van der Waals surface area contributed by atoms with E-state index in [4.69, 9.17) is 0 Å². The number of hydrogen-bond donors (Lipinski definition) is 2. The van der Waals surface area contributed by atoms with Crippen molar-refractivity contribution in [2.75, 3.05) is 24.7 Å². The molecule has 0 bridgehead atoms. The molecule has 112 valence electrons. The van der Waals surface area contributed by atoms with Crippen LogP contribution in [0, 0.1) is 0 Å². The molecule has 0 aliphatic rings. The summed E-state index contributed by atoms with van der Waals surface area (Å²) in [6.45, 7) is 9.74. The van der Waals surface area contributed by atoms with Gasteiger partial charge in [-0.2, -0.15) is 11.8 Å². The highest BCUT2D eigenvalue weighted by Crippen LogP contribution is 2.17. The lowest BCUT2D eigenvalue weighted by Crippen LogP contribution is -2.29. The topological polar surface area (TPSA) is 54.0 Å². The van der Waals surface area contributed by atoms with Gasteiger partial charge in [-0.05, 0) is 31.2 Å². The Morgan fingerprint density at radius 2 is 2.05 bits per heavy atom. The second kappa shape index (κ2) is 8.15. The van der Waals surface area contributed by atoms with Gasteiger partial charge in [-0.3, -0.25) is 4.79 Å². The maximum atomic E-state index is 12.2. The molecule has 2 N–H and O–H groups in total. The highest BCUT2D eigenvalue weighted by molar-refractivity contribution is 7.99. The first-order chi connectivity index (χ1) is 9.47. The number of nitrogens with one attached hydrogen (secondary N) is 2. The molecule has 1 unspecified atom stereocenters. The smallest absolute Gasteiger partial charge is 0.251 e. The maximum absolute atomic E-state index is 12.2. The third-order valence-electron chi connectivity index (χ3n) is 3.01. The van der Waals surface area contributed by atoms with Gasteiger partial charge >= 0.3 is 0 Å². The fraction of sp³-hybridized carbons (Fsp3) is 0.600. The molecule has 4 nitrogen and oxygen atoms in total. The molecule has 1 rings (SSSR count). The van der Waals surface area contributed by atoms with Gasteiger partial charge in [0, 0.05) is 29.6 Å². The molecule has 0 radical (unpaired) electrons. The van der Waals surface area contributed by atoms with Crippen LogP contribution in [0.3, 0.4) is 0 Å². The molecule has 1 aromatic rings. The van der Waals surface area contributed by atoms with Crippen LogP contribution >= 0.6 is 11.8 Å². The van der Waals surface area contributed by atoms with Gasteiger partial charge in [0.15, 0.2) is 0 Å². The molecule has 0 fully saturated rings. The van der Waals surface area contributed by atoms with Gasteiger partial charge < -0.3 is 10.6 Å². The molecule has 1 atom stereocenters. The minimum atomic E-state index is -0.0330. The van der Waals surface area contributed by atoms with Gasteiger partial charge in [0.2, 0.25) is 0 Å². The average Bonchev–Trinajstić information content (AvgIpc) is 2.44. The Balaban J connectivity index is 2.89. The van der Waals surface area contributed by atoms with Gasteiger partial charge in [0.05, 0.1) is 0 Å². The minimum absolute atomic E-state index is 0.0330. The lowest BCUT2D eigenvalue weighted by molar-refractivity contribution is 0.0954. The number of hydrogen-bond acceptors (Lipinski definition) is 4.